The van der Waals surface area contributed by atoms with Crippen molar-refractivity contribution >= 4 is 39.0 Å². The maximum atomic E-state index is 6.07. The standard InChI is InChI=1S/C20H20ClN3O2S/c21-15-5-3-13(4-6-15)16-11-27-19-17(16)18(22-12-23-19)24-7-1-2-14(10-24)20-25-8-9-26-20/h3-6,11-12,14,20H,1-2,7-10H2/t14-/m0/s1. The summed E-state index contributed by atoms with van der Waals surface area (Å²) in [5.41, 5.74) is 2.30. The number of anilines is 1. The van der Waals surface area contributed by atoms with E-state index in [2.05, 4.69) is 32.4 Å². The van der Waals surface area contributed by atoms with Crippen LogP contribution in [0.5, 0.6) is 0 Å². The first-order chi connectivity index (χ1) is 13.3. The van der Waals surface area contributed by atoms with E-state index in [0.717, 1.165) is 58.1 Å². The molecule has 3 aromatic rings. The van der Waals surface area contributed by atoms with Crippen LogP contribution in [0, 0.1) is 5.92 Å². The minimum Gasteiger partial charge on any atom is -0.355 e. The van der Waals surface area contributed by atoms with Gasteiger partial charge < -0.3 is 14.4 Å². The van der Waals surface area contributed by atoms with E-state index in [9.17, 15) is 0 Å². The van der Waals surface area contributed by atoms with Crippen LogP contribution in [0.4, 0.5) is 5.82 Å². The third kappa shape index (κ3) is 3.31. The topological polar surface area (TPSA) is 47.5 Å². The average molecular weight is 402 g/mol. The molecule has 7 heteroatoms. The van der Waals surface area contributed by atoms with E-state index in [4.69, 9.17) is 21.1 Å². The van der Waals surface area contributed by atoms with Gasteiger partial charge in [-0.1, -0.05) is 23.7 Å². The molecule has 0 bridgehead atoms. The van der Waals surface area contributed by atoms with Gasteiger partial charge in [0, 0.05) is 35.0 Å². The minimum absolute atomic E-state index is 0.0802. The molecule has 4 heterocycles. The Bertz CT molecular complexity index is 940. The first-order valence-corrected chi connectivity index (χ1v) is 10.5. The highest BCUT2D eigenvalue weighted by Crippen LogP contribution is 2.39. The maximum absolute atomic E-state index is 6.07. The molecule has 2 aromatic heterocycles. The van der Waals surface area contributed by atoms with Crippen LogP contribution in [-0.4, -0.2) is 42.6 Å². The molecule has 2 aliphatic rings. The second-order valence-electron chi connectivity index (χ2n) is 6.99. The molecule has 0 saturated carbocycles. The zero-order chi connectivity index (χ0) is 18.2. The van der Waals surface area contributed by atoms with Gasteiger partial charge in [-0.3, -0.25) is 0 Å². The van der Waals surface area contributed by atoms with Gasteiger partial charge in [-0.25, -0.2) is 9.97 Å². The Kier molecular flexibility index (Phi) is 4.73. The normalized spacial score (nSPS) is 21.2. The lowest BCUT2D eigenvalue weighted by molar-refractivity contribution is -0.0858. The molecule has 2 aliphatic heterocycles. The third-order valence-electron chi connectivity index (χ3n) is 5.30. The molecular weight excluding hydrogens is 382 g/mol. The maximum Gasteiger partial charge on any atom is 0.162 e. The molecule has 5 rings (SSSR count). The van der Waals surface area contributed by atoms with Crippen LogP contribution >= 0.6 is 22.9 Å². The summed E-state index contributed by atoms with van der Waals surface area (Å²) in [6.07, 6.45) is 3.83. The van der Waals surface area contributed by atoms with Crippen LogP contribution in [-0.2, 0) is 9.47 Å². The van der Waals surface area contributed by atoms with Crippen molar-refractivity contribution in [2.75, 3.05) is 31.2 Å². The van der Waals surface area contributed by atoms with Crippen LogP contribution in [0.1, 0.15) is 12.8 Å². The molecule has 0 aliphatic carbocycles. The molecule has 0 N–H and O–H groups in total. The van der Waals surface area contributed by atoms with Gasteiger partial charge in [0.05, 0.1) is 18.6 Å². The van der Waals surface area contributed by atoms with Crippen molar-refractivity contribution in [3.8, 4) is 11.1 Å². The average Bonchev–Trinajstić information content (AvgIpc) is 3.39. The predicted molar refractivity (Wildman–Crippen MR) is 108 cm³/mol. The number of thiophene rings is 1. The van der Waals surface area contributed by atoms with Crippen molar-refractivity contribution < 1.29 is 9.47 Å². The summed E-state index contributed by atoms with van der Waals surface area (Å²) in [5.74, 6) is 1.39. The number of fused-ring (bicyclic) bond motifs is 1. The zero-order valence-electron chi connectivity index (χ0n) is 14.8. The van der Waals surface area contributed by atoms with Gasteiger partial charge in [0.1, 0.15) is 17.0 Å². The van der Waals surface area contributed by atoms with E-state index in [0.29, 0.717) is 19.1 Å². The summed E-state index contributed by atoms with van der Waals surface area (Å²) in [6.45, 7) is 3.28. The fraction of sp³-hybridized carbons (Fsp3) is 0.400. The number of benzene rings is 1. The molecule has 0 spiro atoms. The Morgan fingerprint density at radius 3 is 2.74 bits per heavy atom. The fourth-order valence-electron chi connectivity index (χ4n) is 4.01. The number of hydrogen-bond acceptors (Lipinski definition) is 6. The molecule has 1 aromatic carbocycles. The minimum atomic E-state index is -0.0802. The molecule has 1 atom stereocenters. The Balaban J connectivity index is 1.52. The van der Waals surface area contributed by atoms with Gasteiger partial charge >= 0.3 is 0 Å². The van der Waals surface area contributed by atoms with Crippen molar-refractivity contribution in [1.29, 1.82) is 0 Å². The van der Waals surface area contributed by atoms with Gasteiger partial charge in [0.2, 0.25) is 0 Å². The van der Waals surface area contributed by atoms with E-state index in [1.165, 1.54) is 0 Å². The van der Waals surface area contributed by atoms with Gasteiger partial charge in [0.15, 0.2) is 6.29 Å². The van der Waals surface area contributed by atoms with E-state index < -0.39 is 0 Å². The smallest absolute Gasteiger partial charge is 0.162 e. The van der Waals surface area contributed by atoms with Gasteiger partial charge in [0.25, 0.3) is 0 Å². The largest absolute Gasteiger partial charge is 0.355 e. The number of rotatable bonds is 3. The Morgan fingerprint density at radius 1 is 1.11 bits per heavy atom. The lowest BCUT2D eigenvalue weighted by Gasteiger charge is -2.35. The van der Waals surface area contributed by atoms with Gasteiger partial charge in [-0.15, -0.1) is 11.3 Å². The Labute approximate surface area is 166 Å². The fourth-order valence-corrected chi connectivity index (χ4v) is 5.05. The van der Waals surface area contributed by atoms with Crippen LogP contribution < -0.4 is 4.90 Å². The highest BCUT2D eigenvalue weighted by Gasteiger charge is 2.32. The second-order valence-corrected chi connectivity index (χ2v) is 8.29. The Hall–Kier alpha value is -1.73. The summed E-state index contributed by atoms with van der Waals surface area (Å²) in [6, 6.07) is 7.96. The third-order valence-corrected chi connectivity index (χ3v) is 6.43. The molecule has 27 heavy (non-hydrogen) atoms. The Morgan fingerprint density at radius 2 is 1.93 bits per heavy atom. The number of aromatic nitrogens is 2. The molecule has 2 fully saturated rings. The van der Waals surface area contributed by atoms with Crippen LogP contribution in [0.3, 0.4) is 0 Å². The molecule has 0 radical (unpaired) electrons. The summed E-state index contributed by atoms with van der Waals surface area (Å²) in [4.78, 5) is 12.6. The van der Waals surface area contributed by atoms with Gasteiger partial charge in [-0.2, -0.15) is 0 Å². The van der Waals surface area contributed by atoms with E-state index in [1.54, 1.807) is 17.7 Å². The number of halogens is 1. The van der Waals surface area contributed by atoms with E-state index in [1.807, 2.05) is 12.1 Å². The summed E-state index contributed by atoms with van der Waals surface area (Å²) < 4.78 is 11.5. The van der Waals surface area contributed by atoms with E-state index in [-0.39, 0.29) is 6.29 Å². The molecule has 2 saturated heterocycles. The molecule has 5 nitrogen and oxygen atoms in total. The first-order valence-electron chi connectivity index (χ1n) is 9.26. The SMILES string of the molecule is Clc1ccc(-c2csc3ncnc(N4CCC[C@H](C5OCCO5)C4)c23)cc1. The number of nitrogens with zero attached hydrogens (tertiary/aromatic N) is 3. The van der Waals surface area contributed by atoms with Crippen molar-refractivity contribution in [2.45, 2.75) is 19.1 Å². The van der Waals surface area contributed by atoms with Crippen molar-refractivity contribution in [3.05, 3.63) is 41.0 Å². The predicted octanol–water partition coefficient (Wildman–Crippen LogP) is 4.60. The van der Waals surface area contributed by atoms with Crippen molar-refractivity contribution in [1.82, 2.24) is 9.97 Å². The number of ether oxygens (including phenoxy) is 2. The lowest BCUT2D eigenvalue weighted by atomic mass is 9.97. The monoisotopic (exact) mass is 401 g/mol. The molecule has 140 valence electrons. The molecular formula is C20H20ClN3O2S. The lowest BCUT2D eigenvalue weighted by Crippen LogP contribution is -2.41. The number of piperidine rings is 1. The van der Waals surface area contributed by atoms with Crippen LogP contribution in [0.2, 0.25) is 5.02 Å². The number of hydrogen-bond donors (Lipinski definition) is 0. The zero-order valence-corrected chi connectivity index (χ0v) is 16.4. The van der Waals surface area contributed by atoms with Gasteiger partial charge in [-0.05, 0) is 30.5 Å². The highest BCUT2D eigenvalue weighted by atomic mass is 35.5. The first kappa shape index (κ1) is 17.4. The summed E-state index contributed by atoms with van der Waals surface area (Å²) in [7, 11) is 0. The van der Waals surface area contributed by atoms with Crippen LogP contribution in [0.25, 0.3) is 21.3 Å². The molecule has 0 amide bonds. The van der Waals surface area contributed by atoms with E-state index >= 15 is 0 Å². The second kappa shape index (κ2) is 7.36. The molecule has 0 unspecified atom stereocenters. The summed E-state index contributed by atoms with van der Waals surface area (Å²) in [5, 5.41) is 4.03. The highest BCUT2D eigenvalue weighted by molar-refractivity contribution is 7.17. The van der Waals surface area contributed by atoms with Crippen molar-refractivity contribution in [2.24, 2.45) is 5.92 Å². The van der Waals surface area contributed by atoms with Crippen LogP contribution in [0.15, 0.2) is 36.0 Å². The quantitative estimate of drug-likeness (QED) is 0.641. The van der Waals surface area contributed by atoms with Crippen molar-refractivity contribution in [3.63, 3.8) is 0 Å². The summed E-state index contributed by atoms with van der Waals surface area (Å²) >= 11 is 7.73.